The summed E-state index contributed by atoms with van der Waals surface area (Å²) >= 11 is 0. The van der Waals surface area contributed by atoms with Crippen molar-refractivity contribution in [3.63, 3.8) is 0 Å². The second-order valence-corrected chi connectivity index (χ2v) is 8.95. The first-order valence-corrected chi connectivity index (χ1v) is 11.6. The predicted molar refractivity (Wildman–Crippen MR) is 128 cm³/mol. The zero-order valence-corrected chi connectivity index (χ0v) is 19.2. The number of carbonyl (C=O) groups excluding carboxylic acids is 2. The first-order valence-electron chi connectivity index (χ1n) is 11.6. The second kappa shape index (κ2) is 9.25. The third-order valence-corrected chi connectivity index (χ3v) is 6.85. The van der Waals surface area contributed by atoms with Crippen LogP contribution in [0.5, 0.6) is 0 Å². The van der Waals surface area contributed by atoms with E-state index in [-0.39, 0.29) is 36.0 Å². The molecule has 1 aromatic heterocycles. The van der Waals surface area contributed by atoms with Crippen LogP contribution in [0.1, 0.15) is 46.8 Å². The van der Waals surface area contributed by atoms with Crippen molar-refractivity contribution in [2.45, 2.75) is 31.2 Å². The number of aromatic carboxylic acids is 1. The van der Waals surface area contributed by atoms with Gasteiger partial charge in [-0.15, -0.1) is 0 Å². The van der Waals surface area contributed by atoms with Crippen LogP contribution in [-0.4, -0.2) is 45.5 Å². The van der Waals surface area contributed by atoms with Gasteiger partial charge >= 0.3 is 12.1 Å². The van der Waals surface area contributed by atoms with Gasteiger partial charge in [-0.1, -0.05) is 55.0 Å². The molecule has 3 N–H and O–H groups in total. The molecule has 180 valence electrons. The summed E-state index contributed by atoms with van der Waals surface area (Å²) in [6, 6.07) is 17.2. The number of nitrogens with one attached hydrogen (secondary N) is 2. The molecule has 0 saturated heterocycles. The van der Waals surface area contributed by atoms with Gasteiger partial charge in [0.15, 0.2) is 5.82 Å². The van der Waals surface area contributed by atoms with Gasteiger partial charge in [-0.25, -0.2) is 9.59 Å². The summed E-state index contributed by atoms with van der Waals surface area (Å²) in [6.45, 7) is 0.204. The lowest BCUT2D eigenvalue weighted by atomic mass is 9.98. The molecular formula is C26H26N4O5. The molecule has 1 heterocycles. The number of aromatic nitrogens is 2. The van der Waals surface area contributed by atoms with E-state index in [1.807, 2.05) is 24.3 Å². The van der Waals surface area contributed by atoms with E-state index >= 15 is 0 Å². The van der Waals surface area contributed by atoms with E-state index in [4.69, 9.17) is 9.84 Å². The summed E-state index contributed by atoms with van der Waals surface area (Å²) in [6.07, 6.45) is 1.50. The Balaban J connectivity index is 1.20. The molecule has 35 heavy (non-hydrogen) atoms. The quantitative estimate of drug-likeness (QED) is 0.500. The SMILES string of the molecule is Cn1nc(NC(=O)C2CCCC2NC(=O)OCC2c3ccccc3-c3ccccc32)cc1C(=O)O. The van der Waals surface area contributed by atoms with Gasteiger partial charge in [0, 0.05) is 25.1 Å². The lowest BCUT2D eigenvalue weighted by Crippen LogP contribution is -2.42. The number of nitrogens with zero attached hydrogens (tertiary/aromatic N) is 2. The van der Waals surface area contributed by atoms with Gasteiger partial charge in [0.05, 0.1) is 5.92 Å². The van der Waals surface area contributed by atoms with Crippen LogP contribution in [0.15, 0.2) is 54.6 Å². The van der Waals surface area contributed by atoms with Gasteiger partial charge in [0.25, 0.3) is 0 Å². The lowest BCUT2D eigenvalue weighted by molar-refractivity contribution is -0.120. The molecule has 0 aliphatic heterocycles. The van der Waals surface area contributed by atoms with Gasteiger partial charge in [-0.05, 0) is 35.1 Å². The molecule has 9 nitrogen and oxygen atoms in total. The molecule has 1 saturated carbocycles. The minimum Gasteiger partial charge on any atom is -0.477 e. The lowest BCUT2D eigenvalue weighted by Gasteiger charge is -2.21. The number of hydrogen-bond donors (Lipinski definition) is 3. The number of fused-ring (bicyclic) bond motifs is 3. The van der Waals surface area contributed by atoms with E-state index in [1.54, 1.807) is 0 Å². The molecule has 2 aromatic carbocycles. The average molecular weight is 475 g/mol. The smallest absolute Gasteiger partial charge is 0.407 e. The number of rotatable bonds is 6. The zero-order valence-electron chi connectivity index (χ0n) is 19.2. The van der Waals surface area contributed by atoms with Crippen LogP contribution in [0, 0.1) is 5.92 Å². The van der Waals surface area contributed by atoms with Crippen molar-refractivity contribution in [3.8, 4) is 11.1 Å². The normalized spacial score (nSPS) is 18.5. The number of aryl methyl sites for hydroxylation is 1. The summed E-state index contributed by atoms with van der Waals surface area (Å²) in [5, 5.41) is 18.7. The first kappa shape index (κ1) is 22.6. The Morgan fingerprint density at radius 3 is 2.34 bits per heavy atom. The van der Waals surface area contributed by atoms with E-state index < -0.39 is 18.0 Å². The number of carboxylic acid groups (broad SMARTS) is 1. The first-order chi connectivity index (χ1) is 16.9. The minimum atomic E-state index is -1.13. The van der Waals surface area contributed by atoms with Crippen LogP contribution < -0.4 is 10.6 Å². The van der Waals surface area contributed by atoms with Crippen LogP contribution in [0.3, 0.4) is 0 Å². The molecule has 2 aliphatic rings. The van der Waals surface area contributed by atoms with E-state index in [0.29, 0.717) is 12.8 Å². The van der Waals surface area contributed by atoms with Crippen LogP contribution in [0.25, 0.3) is 11.1 Å². The fraction of sp³-hybridized carbons (Fsp3) is 0.308. The standard InChI is InChI=1S/C26H26N4O5/c1-30-22(25(32)33)13-23(29-30)28-24(31)19-11-6-12-21(19)27-26(34)35-14-20-17-9-4-2-7-15(17)16-8-3-5-10-18(16)20/h2-5,7-10,13,19-21H,6,11-12,14H2,1H3,(H,27,34)(H,32,33)(H,28,29,31). The molecular weight excluding hydrogens is 448 g/mol. The van der Waals surface area contributed by atoms with Crippen molar-refractivity contribution >= 4 is 23.8 Å². The number of ether oxygens (including phenoxy) is 1. The van der Waals surface area contributed by atoms with E-state index in [2.05, 4.69) is 40.0 Å². The van der Waals surface area contributed by atoms with Crippen LogP contribution in [0.2, 0.25) is 0 Å². The molecule has 9 heteroatoms. The Hall–Kier alpha value is -4.14. The monoisotopic (exact) mass is 474 g/mol. The number of carboxylic acids is 1. The molecule has 2 unspecified atom stereocenters. The maximum Gasteiger partial charge on any atom is 0.407 e. The molecule has 1 fully saturated rings. The van der Waals surface area contributed by atoms with E-state index in [9.17, 15) is 14.4 Å². The third kappa shape index (κ3) is 4.37. The number of hydrogen-bond acceptors (Lipinski definition) is 5. The highest BCUT2D eigenvalue weighted by molar-refractivity contribution is 5.94. The maximum atomic E-state index is 12.8. The van der Waals surface area contributed by atoms with E-state index in [0.717, 1.165) is 28.7 Å². The second-order valence-electron chi connectivity index (χ2n) is 8.95. The average Bonchev–Trinajstić information content (AvgIpc) is 3.53. The summed E-state index contributed by atoms with van der Waals surface area (Å²) in [5.41, 5.74) is 4.56. The third-order valence-electron chi connectivity index (χ3n) is 6.85. The summed E-state index contributed by atoms with van der Waals surface area (Å²) in [7, 11) is 1.50. The zero-order chi connectivity index (χ0) is 24.5. The molecule has 5 rings (SSSR count). The highest BCUT2D eigenvalue weighted by atomic mass is 16.5. The Labute approximate surface area is 202 Å². The van der Waals surface area contributed by atoms with Crippen molar-refractivity contribution in [1.82, 2.24) is 15.1 Å². The fourth-order valence-electron chi connectivity index (χ4n) is 5.19. The Bertz CT molecular complexity index is 1250. The van der Waals surface area contributed by atoms with Gasteiger partial charge in [-0.2, -0.15) is 5.10 Å². The number of amides is 2. The van der Waals surface area contributed by atoms with Gasteiger partial charge in [0.1, 0.15) is 12.3 Å². The fourth-order valence-corrected chi connectivity index (χ4v) is 5.19. The van der Waals surface area contributed by atoms with Crippen LogP contribution in [0.4, 0.5) is 10.6 Å². The van der Waals surface area contributed by atoms with Crippen LogP contribution >= 0.6 is 0 Å². The Morgan fingerprint density at radius 2 is 1.71 bits per heavy atom. The van der Waals surface area contributed by atoms with Crippen molar-refractivity contribution in [1.29, 1.82) is 0 Å². The van der Waals surface area contributed by atoms with Gasteiger partial charge in [0.2, 0.25) is 5.91 Å². The minimum absolute atomic E-state index is 0.0277. The molecule has 2 atom stereocenters. The van der Waals surface area contributed by atoms with Crippen molar-refractivity contribution in [2.75, 3.05) is 11.9 Å². The number of benzene rings is 2. The largest absolute Gasteiger partial charge is 0.477 e. The molecule has 0 bridgehead atoms. The molecule has 0 radical (unpaired) electrons. The maximum absolute atomic E-state index is 12.8. The summed E-state index contributed by atoms with van der Waals surface area (Å²) in [4.78, 5) is 36.7. The predicted octanol–water partition coefficient (Wildman–Crippen LogP) is 3.76. The van der Waals surface area contributed by atoms with Crippen LogP contribution in [-0.2, 0) is 16.6 Å². The van der Waals surface area contributed by atoms with Gasteiger partial charge in [-0.3, -0.25) is 9.48 Å². The Kier molecular flexibility index (Phi) is 5.98. The number of anilines is 1. The Morgan fingerprint density at radius 1 is 1.06 bits per heavy atom. The van der Waals surface area contributed by atoms with E-state index in [1.165, 1.54) is 17.8 Å². The van der Waals surface area contributed by atoms with Crippen molar-refractivity contribution in [3.05, 3.63) is 71.4 Å². The van der Waals surface area contributed by atoms with Crippen molar-refractivity contribution < 1.29 is 24.2 Å². The molecule has 3 aromatic rings. The number of carbonyl (C=O) groups is 3. The van der Waals surface area contributed by atoms with Crippen molar-refractivity contribution in [2.24, 2.45) is 13.0 Å². The van der Waals surface area contributed by atoms with Gasteiger partial charge < -0.3 is 20.5 Å². The highest BCUT2D eigenvalue weighted by Crippen LogP contribution is 2.44. The summed E-state index contributed by atoms with van der Waals surface area (Å²) < 4.78 is 6.82. The number of alkyl carbamates (subject to hydrolysis) is 1. The molecule has 2 aliphatic carbocycles. The molecule has 2 amide bonds. The topological polar surface area (TPSA) is 123 Å². The summed E-state index contributed by atoms with van der Waals surface area (Å²) in [5.74, 6) is -1.76. The highest BCUT2D eigenvalue weighted by Gasteiger charge is 2.35. The molecule has 0 spiro atoms.